The maximum atomic E-state index is 11.4. The summed E-state index contributed by atoms with van der Waals surface area (Å²) in [5.74, 6) is -0.993. The van der Waals surface area contributed by atoms with Crippen molar-refractivity contribution in [1.82, 2.24) is 5.06 Å². The Kier molecular flexibility index (Phi) is 2.11. The second kappa shape index (κ2) is 2.73. The summed E-state index contributed by atoms with van der Waals surface area (Å²) in [6.45, 7) is 6.86. The average Bonchev–Trinajstić information content (AvgIpc) is 2.12. The van der Waals surface area contributed by atoms with Crippen LogP contribution in [0, 0.1) is 5.41 Å². The zero-order valence-corrected chi connectivity index (χ0v) is 8.29. The predicted molar refractivity (Wildman–Crippen MR) is 46.1 cm³/mol. The first-order chi connectivity index (χ1) is 5.80. The van der Waals surface area contributed by atoms with E-state index in [9.17, 15) is 10.0 Å². The quantitative estimate of drug-likeness (QED) is 0.670. The summed E-state index contributed by atoms with van der Waals surface area (Å²) in [6.07, 6.45) is 0. The minimum absolute atomic E-state index is 0.231. The van der Waals surface area contributed by atoms with Crippen LogP contribution in [0.4, 0.5) is 0 Å². The second-order valence-electron chi connectivity index (χ2n) is 3.99. The van der Waals surface area contributed by atoms with Crippen LogP contribution >= 0.6 is 0 Å². The number of allylic oxidation sites excluding steroid dienone is 1. The lowest BCUT2D eigenvalue weighted by Gasteiger charge is -2.26. The van der Waals surface area contributed by atoms with E-state index < -0.39 is 11.4 Å². The zero-order chi connectivity index (χ0) is 10.4. The number of carboxylic acid groups (broad SMARTS) is 1. The highest BCUT2D eigenvalue weighted by Gasteiger charge is 2.46. The second-order valence-corrected chi connectivity index (χ2v) is 3.99. The first kappa shape index (κ1) is 10.1. The fourth-order valence-electron chi connectivity index (χ4n) is 1.80. The molecule has 0 aromatic carbocycles. The Bertz CT molecular complexity index is 281. The summed E-state index contributed by atoms with van der Waals surface area (Å²) in [5, 5.41) is 21.1. The Morgan fingerprint density at radius 2 is 2.00 bits per heavy atom. The van der Waals surface area contributed by atoms with Crippen molar-refractivity contribution in [3.05, 3.63) is 11.3 Å². The Labute approximate surface area is 77.4 Å². The van der Waals surface area contributed by atoms with Crippen LogP contribution in [0.3, 0.4) is 0 Å². The number of nitrogens with zero attached hydrogens (tertiary/aromatic N) is 1. The molecule has 1 heterocycles. The fourth-order valence-corrected chi connectivity index (χ4v) is 1.80. The van der Waals surface area contributed by atoms with E-state index in [0.717, 1.165) is 5.06 Å². The van der Waals surface area contributed by atoms with Gasteiger partial charge in [0.15, 0.2) is 0 Å². The van der Waals surface area contributed by atoms with E-state index in [0.29, 0.717) is 5.70 Å². The van der Waals surface area contributed by atoms with E-state index in [-0.39, 0.29) is 11.6 Å². The highest BCUT2D eigenvalue weighted by Crippen LogP contribution is 2.42. The molecule has 73 valence electrons. The molecule has 0 saturated heterocycles. The predicted octanol–water partition coefficient (Wildman–Crippen LogP) is 1.42. The van der Waals surface area contributed by atoms with Gasteiger partial charge >= 0.3 is 5.97 Å². The van der Waals surface area contributed by atoms with Crippen molar-refractivity contribution in [2.75, 3.05) is 0 Å². The molecule has 1 aliphatic heterocycles. The zero-order valence-electron chi connectivity index (χ0n) is 8.29. The Morgan fingerprint density at radius 3 is 2.15 bits per heavy atom. The molecule has 0 fully saturated rings. The summed E-state index contributed by atoms with van der Waals surface area (Å²) in [6, 6.07) is -0.307. The van der Waals surface area contributed by atoms with Gasteiger partial charge in [0.2, 0.25) is 0 Å². The van der Waals surface area contributed by atoms with Crippen molar-refractivity contribution in [2.24, 2.45) is 5.41 Å². The smallest absolute Gasteiger partial charge is 0.334 e. The molecule has 0 aliphatic carbocycles. The molecule has 13 heavy (non-hydrogen) atoms. The molecule has 4 heteroatoms. The topological polar surface area (TPSA) is 60.4 Å². The first-order valence-electron chi connectivity index (χ1n) is 4.21. The molecule has 0 bridgehead atoms. The molecule has 1 unspecified atom stereocenters. The maximum absolute atomic E-state index is 11.4. The Morgan fingerprint density at radius 1 is 1.54 bits per heavy atom. The van der Waals surface area contributed by atoms with Crippen molar-refractivity contribution in [3.8, 4) is 0 Å². The van der Waals surface area contributed by atoms with Crippen molar-refractivity contribution in [1.29, 1.82) is 0 Å². The number of carbonyl (C=O) groups is 1. The lowest BCUT2D eigenvalue weighted by atomic mass is 9.80. The van der Waals surface area contributed by atoms with Gasteiger partial charge in [-0.05, 0) is 13.8 Å². The van der Waals surface area contributed by atoms with Crippen LogP contribution in [0.1, 0.15) is 27.7 Å². The highest BCUT2D eigenvalue weighted by atomic mass is 16.5. The number of aliphatic carboxylic acids is 1. The lowest BCUT2D eigenvalue weighted by Crippen LogP contribution is -2.34. The van der Waals surface area contributed by atoms with Crippen LogP contribution < -0.4 is 0 Å². The molecule has 0 saturated carbocycles. The van der Waals surface area contributed by atoms with E-state index in [1.165, 1.54) is 0 Å². The average molecular weight is 184 g/mol. The van der Waals surface area contributed by atoms with Gasteiger partial charge in [0.1, 0.15) is 0 Å². The van der Waals surface area contributed by atoms with Gasteiger partial charge < -0.3 is 5.11 Å². The molecule has 0 spiro atoms. The van der Waals surface area contributed by atoms with Gasteiger partial charge in [0.05, 0.1) is 17.3 Å². The van der Waals surface area contributed by atoms with E-state index in [1.807, 2.05) is 0 Å². The van der Waals surface area contributed by atoms with Gasteiger partial charge in [-0.2, -0.15) is 0 Å². The minimum atomic E-state index is -0.993. The van der Waals surface area contributed by atoms with Crippen LogP contribution in [0.15, 0.2) is 11.3 Å². The third-order valence-electron chi connectivity index (χ3n) is 2.95. The molecule has 1 N–H and O–H groups in total. The third-order valence-corrected chi connectivity index (χ3v) is 2.95. The highest BCUT2D eigenvalue weighted by molar-refractivity contribution is 5.89. The van der Waals surface area contributed by atoms with Crippen molar-refractivity contribution in [3.63, 3.8) is 0 Å². The molecule has 4 nitrogen and oxygen atoms in total. The van der Waals surface area contributed by atoms with Crippen LogP contribution in [0.5, 0.6) is 0 Å². The molecule has 1 aliphatic rings. The summed E-state index contributed by atoms with van der Waals surface area (Å²) >= 11 is 0. The molecule has 1 rings (SSSR count). The summed E-state index contributed by atoms with van der Waals surface area (Å²) in [7, 11) is 0. The number of hydrogen-bond donors (Lipinski definition) is 1. The molecule has 0 amide bonds. The molecule has 0 aromatic heterocycles. The van der Waals surface area contributed by atoms with Gasteiger partial charge in [-0.3, -0.25) is 0 Å². The van der Waals surface area contributed by atoms with Gasteiger partial charge in [-0.1, -0.05) is 19.1 Å². The summed E-state index contributed by atoms with van der Waals surface area (Å²) in [4.78, 5) is 10.9. The fraction of sp³-hybridized carbons (Fsp3) is 0.667. The SMILES string of the molecule is CC1=C(C(=O)O)C(C)(C)C(C)N1[O]. The number of carboxylic acids is 1. The maximum Gasteiger partial charge on any atom is 0.334 e. The third kappa shape index (κ3) is 1.21. The monoisotopic (exact) mass is 184 g/mol. The number of hydroxylamine groups is 2. The first-order valence-corrected chi connectivity index (χ1v) is 4.21. The van der Waals surface area contributed by atoms with Gasteiger partial charge in [0.25, 0.3) is 0 Å². The molecule has 1 radical (unpaired) electrons. The largest absolute Gasteiger partial charge is 0.478 e. The minimum Gasteiger partial charge on any atom is -0.478 e. The van der Waals surface area contributed by atoms with Gasteiger partial charge in [-0.15, -0.1) is 0 Å². The summed E-state index contributed by atoms with van der Waals surface area (Å²) in [5.41, 5.74) is -0.0162. The van der Waals surface area contributed by atoms with Crippen molar-refractivity contribution < 1.29 is 15.1 Å². The van der Waals surface area contributed by atoms with E-state index >= 15 is 0 Å². The Balaban J connectivity index is 3.22. The van der Waals surface area contributed by atoms with Gasteiger partial charge in [0, 0.05) is 5.41 Å². The van der Waals surface area contributed by atoms with E-state index in [1.54, 1.807) is 27.7 Å². The molecular weight excluding hydrogens is 170 g/mol. The molecule has 0 aromatic rings. The van der Waals surface area contributed by atoms with Crippen molar-refractivity contribution >= 4 is 5.97 Å². The number of rotatable bonds is 1. The van der Waals surface area contributed by atoms with Gasteiger partial charge in [-0.25, -0.2) is 9.86 Å². The standard InChI is InChI=1S/C9H14NO3/c1-5-7(8(11)12)9(3,4)6(2)10(5)13/h6H,1-4H3,(H,11,12). The number of hydrogen-bond acceptors (Lipinski definition) is 2. The van der Waals surface area contributed by atoms with Crippen LogP contribution in [-0.2, 0) is 10.0 Å². The normalized spacial score (nSPS) is 26.8. The van der Waals surface area contributed by atoms with Crippen molar-refractivity contribution in [2.45, 2.75) is 33.7 Å². The van der Waals surface area contributed by atoms with E-state index in [2.05, 4.69) is 0 Å². The molecule has 1 atom stereocenters. The van der Waals surface area contributed by atoms with E-state index in [4.69, 9.17) is 5.11 Å². The van der Waals surface area contributed by atoms with Crippen LogP contribution in [-0.4, -0.2) is 22.2 Å². The van der Waals surface area contributed by atoms with Crippen LogP contribution in [0.2, 0.25) is 0 Å². The molecular formula is C9H14NO3. The van der Waals surface area contributed by atoms with Crippen LogP contribution in [0.25, 0.3) is 0 Å². The lowest BCUT2D eigenvalue weighted by molar-refractivity contribution is -0.157. The Hall–Kier alpha value is -1.03. The summed E-state index contributed by atoms with van der Waals surface area (Å²) < 4.78 is 0.